The molecule has 0 saturated carbocycles. The van der Waals surface area contributed by atoms with Gasteiger partial charge in [-0.25, -0.2) is 4.79 Å². The topological polar surface area (TPSA) is 55.2 Å². The summed E-state index contributed by atoms with van der Waals surface area (Å²) in [6.07, 6.45) is 2.48. The molecule has 1 atom stereocenters. The van der Waals surface area contributed by atoms with Gasteiger partial charge in [-0.05, 0) is 28.4 Å². The van der Waals surface area contributed by atoms with Gasteiger partial charge in [-0.15, -0.1) is 11.8 Å². The number of rotatable bonds is 6. The molecule has 0 spiro atoms. The first-order chi connectivity index (χ1) is 12.0. The minimum atomic E-state index is -0.414. The SMILES string of the molecule is CCC(Oc1c(C(C)(C)C)cccc1C(C)(C)C)SCc1c[nH]c(=O)o1. The number of aromatic nitrogens is 1. The van der Waals surface area contributed by atoms with Gasteiger partial charge < -0.3 is 9.15 Å². The summed E-state index contributed by atoms with van der Waals surface area (Å²) in [5, 5.41) is 0. The summed E-state index contributed by atoms with van der Waals surface area (Å²) in [6, 6.07) is 6.44. The van der Waals surface area contributed by atoms with E-state index in [-0.39, 0.29) is 16.3 Å². The van der Waals surface area contributed by atoms with Gasteiger partial charge in [0.25, 0.3) is 0 Å². The van der Waals surface area contributed by atoms with Crippen molar-refractivity contribution >= 4 is 11.8 Å². The van der Waals surface area contributed by atoms with Gasteiger partial charge in [0.05, 0.1) is 5.75 Å². The van der Waals surface area contributed by atoms with Crippen LogP contribution in [0.5, 0.6) is 5.75 Å². The van der Waals surface area contributed by atoms with Crippen molar-refractivity contribution < 1.29 is 9.15 Å². The Morgan fingerprint density at radius 2 is 1.69 bits per heavy atom. The van der Waals surface area contributed by atoms with Crippen molar-refractivity contribution in [1.29, 1.82) is 0 Å². The number of nitrogens with one attached hydrogen (secondary N) is 1. The zero-order valence-electron chi connectivity index (χ0n) is 16.9. The van der Waals surface area contributed by atoms with E-state index in [4.69, 9.17) is 9.15 Å². The molecule has 26 heavy (non-hydrogen) atoms. The molecule has 0 radical (unpaired) electrons. The Kier molecular flexibility index (Phi) is 6.33. The molecule has 5 heteroatoms. The van der Waals surface area contributed by atoms with Crippen LogP contribution < -0.4 is 10.5 Å². The molecule has 0 fully saturated rings. The van der Waals surface area contributed by atoms with Crippen LogP contribution in [0.15, 0.2) is 33.6 Å². The van der Waals surface area contributed by atoms with E-state index < -0.39 is 5.76 Å². The van der Waals surface area contributed by atoms with Crippen molar-refractivity contribution in [1.82, 2.24) is 4.98 Å². The van der Waals surface area contributed by atoms with Gasteiger partial charge in [-0.1, -0.05) is 66.7 Å². The highest BCUT2D eigenvalue weighted by molar-refractivity contribution is 7.99. The largest absolute Gasteiger partial charge is 0.479 e. The molecule has 1 N–H and O–H groups in total. The highest BCUT2D eigenvalue weighted by Gasteiger charge is 2.28. The number of hydrogen-bond acceptors (Lipinski definition) is 4. The molecule has 144 valence electrons. The molecule has 1 heterocycles. The van der Waals surface area contributed by atoms with Gasteiger partial charge in [0.15, 0.2) is 0 Å². The van der Waals surface area contributed by atoms with E-state index in [1.54, 1.807) is 18.0 Å². The van der Waals surface area contributed by atoms with Gasteiger partial charge in [0.1, 0.15) is 16.9 Å². The minimum Gasteiger partial charge on any atom is -0.479 e. The molecule has 1 aromatic carbocycles. The number of ether oxygens (including phenoxy) is 1. The first kappa shape index (κ1) is 20.7. The smallest absolute Gasteiger partial charge is 0.416 e. The number of benzene rings is 1. The van der Waals surface area contributed by atoms with E-state index in [1.807, 2.05) is 0 Å². The maximum absolute atomic E-state index is 11.1. The molecular weight excluding hydrogens is 346 g/mol. The molecule has 1 unspecified atom stereocenters. The van der Waals surface area contributed by atoms with Crippen molar-refractivity contribution in [2.75, 3.05) is 0 Å². The van der Waals surface area contributed by atoms with Crippen LogP contribution in [0.25, 0.3) is 0 Å². The van der Waals surface area contributed by atoms with E-state index in [1.165, 1.54) is 11.1 Å². The maximum atomic E-state index is 11.1. The fraction of sp³-hybridized carbons (Fsp3) is 0.571. The summed E-state index contributed by atoms with van der Waals surface area (Å²) >= 11 is 1.65. The number of para-hydroxylation sites is 1. The van der Waals surface area contributed by atoms with Crippen LogP contribution in [0, 0.1) is 0 Å². The van der Waals surface area contributed by atoms with Crippen LogP contribution >= 0.6 is 11.8 Å². The summed E-state index contributed by atoms with van der Waals surface area (Å²) in [7, 11) is 0. The van der Waals surface area contributed by atoms with Crippen LogP contribution in [-0.4, -0.2) is 10.4 Å². The second-order valence-corrected chi connectivity index (χ2v) is 9.74. The van der Waals surface area contributed by atoms with Gasteiger partial charge in [0, 0.05) is 6.20 Å². The first-order valence-electron chi connectivity index (χ1n) is 9.12. The third kappa shape index (κ3) is 5.19. The molecule has 0 amide bonds. The Hall–Kier alpha value is -1.62. The van der Waals surface area contributed by atoms with E-state index in [9.17, 15) is 4.79 Å². The molecule has 2 aromatic rings. The summed E-state index contributed by atoms with van der Waals surface area (Å²) in [6.45, 7) is 15.4. The van der Waals surface area contributed by atoms with Crippen LogP contribution in [0.4, 0.5) is 0 Å². The van der Waals surface area contributed by atoms with Crippen LogP contribution in [0.3, 0.4) is 0 Å². The zero-order valence-corrected chi connectivity index (χ0v) is 17.8. The standard InChI is InChI=1S/C21H31NO3S/c1-8-17(26-13-14-12-22-19(23)24-14)25-18-15(20(2,3)4)10-9-11-16(18)21(5,6)7/h9-12,17H,8,13H2,1-7H3,(H,22,23). The van der Waals surface area contributed by atoms with Gasteiger partial charge in [-0.3, -0.25) is 4.98 Å². The second kappa shape index (κ2) is 7.95. The number of H-pyrrole nitrogens is 1. The van der Waals surface area contributed by atoms with E-state index in [0.29, 0.717) is 11.5 Å². The van der Waals surface area contributed by atoms with Crippen molar-refractivity contribution in [2.45, 2.75) is 76.9 Å². The predicted octanol–water partition coefficient (Wildman–Crippen LogP) is 5.61. The monoisotopic (exact) mass is 377 g/mol. The third-order valence-electron chi connectivity index (χ3n) is 4.20. The predicted molar refractivity (Wildman–Crippen MR) is 109 cm³/mol. The Labute approximate surface area is 160 Å². The number of hydrogen-bond donors (Lipinski definition) is 1. The summed E-state index contributed by atoms with van der Waals surface area (Å²) in [5.41, 5.74) is 2.41. The Bertz CT molecular complexity index is 745. The Morgan fingerprint density at radius 1 is 1.12 bits per heavy atom. The molecule has 0 aliphatic rings. The third-order valence-corrected chi connectivity index (χ3v) is 5.45. The molecular formula is C21H31NO3S. The highest BCUT2D eigenvalue weighted by Crippen LogP contribution is 2.41. The first-order valence-corrected chi connectivity index (χ1v) is 10.2. The van der Waals surface area contributed by atoms with Crippen LogP contribution in [0.2, 0.25) is 0 Å². The van der Waals surface area contributed by atoms with Crippen LogP contribution in [-0.2, 0) is 16.6 Å². The number of thioether (sulfide) groups is 1. The Balaban J connectivity index is 2.30. The minimum absolute atomic E-state index is 0.00696. The molecule has 0 bridgehead atoms. The van der Waals surface area contributed by atoms with E-state index >= 15 is 0 Å². The summed E-state index contributed by atoms with van der Waals surface area (Å²) < 4.78 is 11.6. The van der Waals surface area contributed by atoms with Crippen molar-refractivity contribution in [3.63, 3.8) is 0 Å². The van der Waals surface area contributed by atoms with Gasteiger partial charge in [0.2, 0.25) is 0 Å². The quantitative estimate of drug-likeness (QED) is 0.665. The molecule has 2 rings (SSSR count). The zero-order chi connectivity index (χ0) is 19.5. The average molecular weight is 378 g/mol. The number of aromatic amines is 1. The maximum Gasteiger partial charge on any atom is 0.416 e. The molecule has 1 aromatic heterocycles. The Morgan fingerprint density at radius 3 is 2.12 bits per heavy atom. The van der Waals surface area contributed by atoms with Crippen LogP contribution in [0.1, 0.15) is 71.8 Å². The lowest BCUT2D eigenvalue weighted by molar-refractivity contribution is 0.269. The van der Waals surface area contributed by atoms with Crippen molar-refractivity contribution in [2.24, 2.45) is 0 Å². The molecule has 0 aliphatic heterocycles. The lowest BCUT2D eigenvalue weighted by Gasteiger charge is -2.31. The molecule has 4 nitrogen and oxygen atoms in total. The average Bonchev–Trinajstić information content (AvgIpc) is 2.94. The van der Waals surface area contributed by atoms with Crippen molar-refractivity contribution in [3.05, 3.63) is 51.8 Å². The second-order valence-electron chi connectivity index (χ2n) is 8.59. The lowest BCUT2D eigenvalue weighted by Crippen LogP contribution is -2.22. The summed E-state index contributed by atoms with van der Waals surface area (Å²) in [4.78, 5) is 13.7. The molecule has 0 aliphatic carbocycles. The fourth-order valence-electron chi connectivity index (χ4n) is 2.78. The van der Waals surface area contributed by atoms with Gasteiger partial charge in [-0.2, -0.15) is 0 Å². The van der Waals surface area contributed by atoms with E-state index in [0.717, 1.165) is 12.2 Å². The normalized spacial score (nSPS) is 13.7. The van der Waals surface area contributed by atoms with E-state index in [2.05, 4.69) is 71.6 Å². The van der Waals surface area contributed by atoms with Crippen molar-refractivity contribution in [3.8, 4) is 5.75 Å². The summed E-state index contributed by atoms with van der Waals surface area (Å²) in [5.74, 6) is 1.81. The fourth-order valence-corrected chi connectivity index (χ4v) is 3.67. The molecule has 0 saturated heterocycles. The number of oxazole rings is 1. The lowest BCUT2D eigenvalue weighted by atomic mass is 9.79. The highest BCUT2D eigenvalue weighted by atomic mass is 32.2. The van der Waals surface area contributed by atoms with Gasteiger partial charge >= 0.3 is 5.76 Å².